The van der Waals surface area contributed by atoms with Gasteiger partial charge in [-0.15, -0.1) is 0 Å². The number of nitrogens with zero attached hydrogens (tertiary/aromatic N) is 2. The summed E-state index contributed by atoms with van der Waals surface area (Å²) in [5.74, 6) is 1.11. The van der Waals surface area contributed by atoms with E-state index < -0.39 is 0 Å². The molecule has 0 saturated carbocycles. The van der Waals surface area contributed by atoms with Crippen molar-refractivity contribution >= 4 is 28.8 Å². The van der Waals surface area contributed by atoms with Gasteiger partial charge < -0.3 is 15.4 Å². The molecule has 0 aromatic heterocycles. The van der Waals surface area contributed by atoms with Crippen LogP contribution in [0.15, 0.2) is 47.5 Å². The molecule has 0 fully saturated rings. The fraction of sp³-hybridized carbons (Fsp3) is 0.222. The maximum Gasteiger partial charge on any atom is 0.119 e. The van der Waals surface area contributed by atoms with Gasteiger partial charge >= 0.3 is 0 Å². The van der Waals surface area contributed by atoms with Crippen molar-refractivity contribution < 1.29 is 4.74 Å². The normalized spacial score (nSPS) is 16.9. The SMILES string of the molecule is COc1ccc2c(c1)C(c1ccc(Cl)cc1)=NCC(N)N2C(C)=N. The summed E-state index contributed by atoms with van der Waals surface area (Å²) < 4.78 is 5.37. The number of rotatable bonds is 2. The zero-order chi connectivity index (χ0) is 17.3. The van der Waals surface area contributed by atoms with Crippen LogP contribution in [0.5, 0.6) is 5.75 Å². The number of ether oxygens (including phenoxy) is 1. The Kier molecular flexibility index (Phi) is 4.55. The van der Waals surface area contributed by atoms with Crippen molar-refractivity contribution in [1.82, 2.24) is 0 Å². The van der Waals surface area contributed by atoms with E-state index in [1.54, 1.807) is 18.9 Å². The van der Waals surface area contributed by atoms with E-state index in [4.69, 9.17) is 32.5 Å². The second-order valence-corrected chi connectivity index (χ2v) is 6.04. The Hall–Kier alpha value is -2.37. The second kappa shape index (κ2) is 6.63. The van der Waals surface area contributed by atoms with Crippen LogP contribution in [0, 0.1) is 5.41 Å². The minimum absolute atomic E-state index is 0.376. The number of hydrogen-bond acceptors (Lipinski definition) is 4. The molecule has 3 N–H and O–H groups in total. The Morgan fingerprint density at radius 3 is 2.62 bits per heavy atom. The Bertz CT molecular complexity index is 801. The molecule has 24 heavy (non-hydrogen) atoms. The number of anilines is 1. The van der Waals surface area contributed by atoms with E-state index in [0.29, 0.717) is 17.4 Å². The molecule has 1 aliphatic heterocycles. The summed E-state index contributed by atoms with van der Waals surface area (Å²) in [7, 11) is 1.63. The number of nitrogens with two attached hydrogens (primary N) is 1. The predicted molar refractivity (Wildman–Crippen MR) is 98.8 cm³/mol. The van der Waals surface area contributed by atoms with Gasteiger partial charge in [-0.05, 0) is 37.3 Å². The van der Waals surface area contributed by atoms with Crippen molar-refractivity contribution in [2.75, 3.05) is 18.6 Å². The lowest BCUT2D eigenvalue weighted by Crippen LogP contribution is -2.46. The summed E-state index contributed by atoms with van der Waals surface area (Å²) in [6.45, 7) is 2.12. The number of halogens is 1. The molecule has 0 saturated heterocycles. The molecule has 1 aliphatic rings. The zero-order valence-electron chi connectivity index (χ0n) is 13.6. The van der Waals surface area contributed by atoms with E-state index in [2.05, 4.69) is 0 Å². The number of hydrogen-bond donors (Lipinski definition) is 2. The number of methoxy groups -OCH3 is 1. The fourth-order valence-corrected chi connectivity index (χ4v) is 2.98. The van der Waals surface area contributed by atoms with Gasteiger partial charge in [0, 0.05) is 16.1 Å². The van der Waals surface area contributed by atoms with E-state index >= 15 is 0 Å². The molecule has 0 radical (unpaired) electrons. The van der Waals surface area contributed by atoms with E-state index in [9.17, 15) is 0 Å². The van der Waals surface area contributed by atoms with Gasteiger partial charge in [0.25, 0.3) is 0 Å². The standard InChI is InChI=1S/C18H19ClN4O/c1-11(20)23-16-8-7-14(24-2)9-15(16)18(22-10-17(23)21)12-3-5-13(19)6-4-12/h3-9,17,20H,10,21H2,1-2H3. The van der Waals surface area contributed by atoms with Crippen molar-refractivity contribution in [3.63, 3.8) is 0 Å². The van der Waals surface area contributed by atoms with Crippen LogP contribution < -0.4 is 15.4 Å². The average molecular weight is 343 g/mol. The molecule has 0 bridgehead atoms. The van der Waals surface area contributed by atoms with Crippen LogP contribution in [-0.2, 0) is 0 Å². The molecule has 3 rings (SSSR count). The van der Waals surface area contributed by atoms with E-state index in [1.165, 1.54) is 0 Å². The fourth-order valence-electron chi connectivity index (χ4n) is 2.86. The number of fused-ring (bicyclic) bond motifs is 1. The Balaban J connectivity index is 2.21. The van der Waals surface area contributed by atoms with E-state index in [0.717, 1.165) is 28.3 Å². The highest BCUT2D eigenvalue weighted by Gasteiger charge is 2.26. The average Bonchev–Trinajstić information content (AvgIpc) is 2.71. The molecule has 124 valence electrons. The highest BCUT2D eigenvalue weighted by atomic mass is 35.5. The maximum absolute atomic E-state index is 8.09. The lowest BCUT2D eigenvalue weighted by atomic mass is 9.99. The van der Waals surface area contributed by atoms with Gasteiger partial charge in [-0.2, -0.15) is 0 Å². The second-order valence-electron chi connectivity index (χ2n) is 5.60. The Morgan fingerprint density at radius 2 is 2.00 bits per heavy atom. The molecule has 2 aromatic rings. The minimum atomic E-state index is -0.389. The highest BCUT2D eigenvalue weighted by Crippen LogP contribution is 2.31. The van der Waals surface area contributed by atoms with Crippen molar-refractivity contribution in [3.05, 3.63) is 58.6 Å². The summed E-state index contributed by atoms with van der Waals surface area (Å²) in [5, 5.41) is 8.76. The number of aliphatic imine (C=N–C) groups is 1. The van der Waals surface area contributed by atoms with Crippen LogP contribution >= 0.6 is 11.6 Å². The molecule has 1 atom stereocenters. The maximum atomic E-state index is 8.09. The molecular formula is C18H19ClN4O. The van der Waals surface area contributed by atoms with Gasteiger partial charge in [0.1, 0.15) is 11.9 Å². The largest absolute Gasteiger partial charge is 0.497 e. The van der Waals surface area contributed by atoms with Crippen LogP contribution in [0.4, 0.5) is 5.69 Å². The third-order valence-corrected chi connectivity index (χ3v) is 4.22. The number of amidine groups is 1. The molecule has 0 spiro atoms. The van der Waals surface area contributed by atoms with Crippen molar-refractivity contribution in [1.29, 1.82) is 5.41 Å². The summed E-state index contributed by atoms with van der Waals surface area (Å²) in [4.78, 5) is 6.50. The van der Waals surface area contributed by atoms with Crippen LogP contribution in [0.1, 0.15) is 18.1 Å². The quantitative estimate of drug-likeness (QED) is 0.649. The molecule has 2 aromatic carbocycles. The Morgan fingerprint density at radius 1 is 1.29 bits per heavy atom. The Labute approximate surface area is 146 Å². The smallest absolute Gasteiger partial charge is 0.119 e. The van der Waals surface area contributed by atoms with E-state index in [1.807, 2.05) is 42.5 Å². The lowest BCUT2D eigenvalue weighted by molar-refractivity contribution is 0.414. The topological polar surface area (TPSA) is 74.7 Å². The van der Waals surface area contributed by atoms with Crippen LogP contribution in [0.3, 0.4) is 0 Å². The molecule has 1 heterocycles. The first-order valence-corrected chi connectivity index (χ1v) is 7.98. The number of nitrogens with one attached hydrogen (secondary N) is 1. The molecule has 5 nitrogen and oxygen atoms in total. The first-order chi connectivity index (χ1) is 11.5. The highest BCUT2D eigenvalue weighted by molar-refractivity contribution is 6.30. The number of benzodiazepines with no additional fused rings is 1. The van der Waals surface area contributed by atoms with Crippen molar-refractivity contribution in [3.8, 4) is 5.75 Å². The van der Waals surface area contributed by atoms with Crippen molar-refractivity contribution in [2.24, 2.45) is 10.7 Å². The molecule has 1 unspecified atom stereocenters. The summed E-state index contributed by atoms with van der Waals surface area (Å²) in [6, 6.07) is 13.3. The first-order valence-electron chi connectivity index (χ1n) is 7.60. The number of benzene rings is 2. The van der Waals surface area contributed by atoms with Crippen LogP contribution in [0.25, 0.3) is 0 Å². The lowest BCUT2D eigenvalue weighted by Gasteiger charge is -2.29. The summed E-state index contributed by atoms with van der Waals surface area (Å²) in [5.41, 5.74) is 9.76. The van der Waals surface area contributed by atoms with Gasteiger partial charge in [-0.25, -0.2) is 0 Å². The molecule has 0 amide bonds. The van der Waals surface area contributed by atoms with Crippen LogP contribution in [0.2, 0.25) is 5.02 Å². The first kappa shape index (κ1) is 16.5. The molecule has 0 aliphatic carbocycles. The minimum Gasteiger partial charge on any atom is -0.497 e. The zero-order valence-corrected chi connectivity index (χ0v) is 14.3. The van der Waals surface area contributed by atoms with Gasteiger partial charge in [-0.3, -0.25) is 10.4 Å². The van der Waals surface area contributed by atoms with Gasteiger partial charge in [0.2, 0.25) is 0 Å². The third kappa shape index (κ3) is 3.00. The van der Waals surface area contributed by atoms with Gasteiger partial charge in [0.15, 0.2) is 0 Å². The van der Waals surface area contributed by atoms with Crippen molar-refractivity contribution in [2.45, 2.75) is 13.1 Å². The molecular weight excluding hydrogens is 324 g/mol. The predicted octanol–water partition coefficient (Wildman–Crippen LogP) is 3.29. The van der Waals surface area contributed by atoms with Crippen LogP contribution in [-0.4, -0.2) is 31.4 Å². The third-order valence-electron chi connectivity index (χ3n) is 3.97. The summed E-state index contributed by atoms with van der Waals surface area (Å²) >= 11 is 6.00. The van der Waals surface area contributed by atoms with Gasteiger partial charge in [-0.1, -0.05) is 23.7 Å². The van der Waals surface area contributed by atoms with Gasteiger partial charge in [0.05, 0.1) is 30.9 Å². The molecule has 6 heteroatoms. The summed E-state index contributed by atoms with van der Waals surface area (Å²) in [6.07, 6.45) is -0.389. The monoisotopic (exact) mass is 342 g/mol. The van der Waals surface area contributed by atoms with E-state index in [-0.39, 0.29) is 6.17 Å².